The molecule has 2 fully saturated rings. The van der Waals surface area contributed by atoms with Gasteiger partial charge < -0.3 is 40.1 Å². The normalized spacial score (nSPS) is 20.9. The maximum Gasteiger partial charge on any atom is 0.410 e. The van der Waals surface area contributed by atoms with E-state index in [9.17, 15) is 38.4 Å². The van der Waals surface area contributed by atoms with Gasteiger partial charge in [-0.05, 0) is 117 Å². The Labute approximate surface area is 392 Å². The van der Waals surface area contributed by atoms with Gasteiger partial charge in [0.25, 0.3) is 11.8 Å². The van der Waals surface area contributed by atoms with E-state index in [0.717, 1.165) is 0 Å². The van der Waals surface area contributed by atoms with Gasteiger partial charge in [-0.2, -0.15) is 0 Å². The topological polar surface area (TPSA) is 204 Å². The number of carbonyl (C=O) groups excluding carboxylic acids is 8. The lowest BCUT2D eigenvalue weighted by atomic mass is 9.76. The van der Waals surface area contributed by atoms with Crippen LogP contribution in [0.1, 0.15) is 151 Å². The minimum Gasteiger partial charge on any atom is -0.444 e. The molecule has 0 bridgehead atoms. The van der Waals surface area contributed by atoms with Crippen LogP contribution in [0.15, 0.2) is 24.3 Å². The molecule has 17 nitrogen and oxygen atoms in total. The quantitative estimate of drug-likeness (QED) is 0.217. The Morgan fingerprint density at radius 2 is 1.00 bits per heavy atom. The van der Waals surface area contributed by atoms with Crippen molar-refractivity contribution in [3.8, 4) is 0 Å². The summed E-state index contributed by atoms with van der Waals surface area (Å²) in [7, 11) is 2.98. The van der Waals surface area contributed by atoms with Crippen LogP contribution in [0, 0.1) is 16.7 Å². The fraction of sp³-hybridized carbons (Fsp3) is 0.714. The SMILES string of the molecule is C[C@@H]1C[C@H](NC(=O)c2ccc(C(=O)N[C@H]3C[C@@H](C)N(C(=O)[C@@H](NC(=O)[C@H](C)N(C)C(=O)OC(C)(C)C)C(C)(C)C)C3)cc2)CN1C(=O)[C@@H](CC(=O)[C@H](C)N(C)C(=O)OC(C)(C)C)C(C)(C)C. The first-order valence-corrected chi connectivity index (χ1v) is 23.1. The molecule has 1 aromatic carbocycles. The van der Waals surface area contributed by atoms with E-state index in [2.05, 4.69) is 16.0 Å². The second kappa shape index (κ2) is 21.2. The van der Waals surface area contributed by atoms with Crippen LogP contribution in [0.4, 0.5) is 9.59 Å². The van der Waals surface area contributed by atoms with Crippen molar-refractivity contribution in [3.63, 3.8) is 0 Å². The molecule has 2 heterocycles. The third-order valence-electron chi connectivity index (χ3n) is 12.3. The van der Waals surface area contributed by atoms with E-state index in [0.29, 0.717) is 24.0 Å². The summed E-state index contributed by atoms with van der Waals surface area (Å²) in [4.78, 5) is 113. The molecule has 2 saturated heterocycles. The summed E-state index contributed by atoms with van der Waals surface area (Å²) >= 11 is 0. The molecular weight excluding hydrogens is 847 g/mol. The van der Waals surface area contributed by atoms with Gasteiger partial charge in [-0.3, -0.25) is 33.7 Å². The van der Waals surface area contributed by atoms with Gasteiger partial charge >= 0.3 is 12.2 Å². The summed E-state index contributed by atoms with van der Waals surface area (Å²) < 4.78 is 10.8. The molecule has 0 radical (unpaired) electrons. The van der Waals surface area contributed by atoms with Gasteiger partial charge in [0.15, 0.2) is 5.78 Å². The Balaban J connectivity index is 1.61. The summed E-state index contributed by atoms with van der Waals surface area (Å²) in [5, 5.41) is 8.92. The van der Waals surface area contributed by atoms with Gasteiger partial charge in [-0.1, -0.05) is 41.5 Å². The monoisotopic (exact) mass is 926 g/mol. The van der Waals surface area contributed by atoms with E-state index in [1.165, 1.54) is 23.9 Å². The predicted molar refractivity (Wildman–Crippen MR) is 251 cm³/mol. The second-order valence-corrected chi connectivity index (χ2v) is 22.5. The standard InChI is InChI=1S/C49H79N7O10/c1-28-23-34(26-55(28)42(61)36(46(5,6)7)25-37(57)30(3)53(17)44(63)65-48(11,12)13)50-40(59)32-19-21-33(22-20-32)41(60)51-35-24-29(2)56(27-35)43(62)38(47(8,9)10)52-39(58)31(4)54(18)45(64)66-49(14,15)16/h19-22,28-31,34-36,38H,23-27H2,1-18H3,(H,50,59)(H,51,60)(H,52,58)/t28-,29-,30+,31+,34+,35+,36-,38-/m1/s1. The third-order valence-corrected chi connectivity index (χ3v) is 12.3. The molecular formula is C49H79N7O10. The highest BCUT2D eigenvalue weighted by molar-refractivity contribution is 5.98. The van der Waals surface area contributed by atoms with Crippen molar-refractivity contribution in [1.29, 1.82) is 0 Å². The van der Waals surface area contributed by atoms with Crippen LogP contribution in [0.2, 0.25) is 0 Å². The van der Waals surface area contributed by atoms with E-state index in [1.807, 2.05) is 55.4 Å². The van der Waals surface area contributed by atoms with Crippen LogP contribution in [0.5, 0.6) is 0 Å². The number of rotatable bonds is 13. The van der Waals surface area contributed by atoms with Crippen LogP contribution in [0.25, 0.3) is 0 Å². The van der Waals surface area contributed by atoms with Crippen molar-refractivity contribution in [3.05, 3.63) is 35.4 Å². The molecule has 0 spiro atoms. The zero-order chi connectivity index (χ0) is 50.6. The number of ketones is 1. The molecule has 0 aliphatic carbocycles. The van der Waals surface area contributed by atoms with Crippen molar-refractivity contribution in [2.24, 2.45) is 16.7 Å². The zero-order valence-electron chi connectivity index (χ0n) is 42.8. The summed E-state index contributed by atoms with van der Waals surface area (Å²) in [5.41, 5.74) is -2.07. The Bertz CT molecular complexity index is 1820. The number of carbonyl (C=O) groups is 8. The average Bonchev–Trinajstić information content (AvgIpc) is 3.74. The highest BCUT2D eigenvalue weighted by Gasteiger charge is 2.44. The number of likely N-dealkylation sites (N-methyl/N-ethyl adjacent to an activating group) is 2. The third kappa shape index (κ3) is 14.9. The summed E-state index contributed by atoms with van der Waals surface area (Å²) in [6.45, 7) is 29.2. The van der Waals surface area contributed by atoms with E-state index in [-0.39, 0.29) is 73.1 Å². The average molecular weight is 926 g/mol. The molecule has 2 aliphatic rings. The number of nitrogens with one attached hydrogen (secondary N) is 3. The summed E-state index contributed by atoms with van der Waals surface area (Å²) in [6.07, 6.45) is -0.361. The van der Waals surface area contributed by atoms with Gasteiger partial charge in [0.1, 0.15) is 23.3 Å². The Hall–Kier alpha value is -5.22. The molecule has 17 heteroatoms. The smallest absolute Gasteiger partial charge is 0.410 e. The van der Waals surface area contributed by atoms with Crippen molar-refractivity contribution < 1.29 is 47.8 Å². The number of hydrogen-bond acceptors (Lipinski definition) is 10. The molecule has 7 amide bonds. The number of nitrogens with zero attached hydrogens (tertiary/aromatic N) is 4. The van der Waals surface area contributed by atoms with Crippen LogP contribution in [-0.2, 0) is 28.7 Å². The zero-order valence-corrected chi connectivity index (χ0v) is 42.8. The van der Waals surface area contributed by atoms with Crippen LogP contribution in [-0.4, -0.2) is 148 Å². The first-order chi connectivity index (χ1) is 30.0. The largest absolute Gasteiger partial charge is 0.444 e. The number of likely N-dealkylation sites (tertiary alicyclic amines) is 2. The van der Waals surface area contributed by atoms with Crippen LogP contribution in [0.3, 0.4) is 0 Å². The van der Waals surface area contributed by atoms with Gasteiger partial charge in [0.2, 0.25) is 17.7 Å². The highest BCUT2D eigenvalue weighted by Crippen LogP contribution is 2.34. The maximum absolute atomic E-state index is 14.1. The minimum atomic E-state index is -0.919. The summed E-state index contributed by atoms with van der Waals surface area (Å²) in [6, 6.07) is 2.42. The van der Waals surface area contributed by atoms with Gasteiger partial charge in [0.05, 0.1) is 6.04 Å². The number of ether oxygens (including phenoxy) is 2. The highest BCUT2D eigenvalue weighted by atomic mass is 16.6. The van der Waals surface area contributed by atoms with E-state index in [4.69, 9.17) is 9.47 Å². The molecule has 1 aromatic rings. The van der Waals surface area contributed by atoms with Gasteiger partial charge in [-0.25, -0.2) is 9.59 Å². The first-order valence-electron chi connectivity index (χ1n) is 23.1. The molecule has 0 aromatic heterocycles. The molecule has 0 unspecified atom stereocenters. The van der Waals surface area contributed by atoms with Crippen LogP contribution >= 0.6 is 0 Å². The maximum atomic E-state index is 14.1. The van der Waals surface area contributed by atoms with E-state index >= 15 is 0 Å². The van der Waals surface area contributed by atoms with Crippen LogP contribution < -0.4 is 16.0 Å². The van der Waals surface area contributed by atoms with E-state index < -0.39 is 64.2 Å². The Morgan fingerprint density at radius 3 is 1.36 bits per heavy atom. The predicted octanol–water partition coefficient (Wildman–Crippen LogP) is 5.79. The molecule has 3 rings (SSSR count). The number of amides is 7. The van der Waals surface area contributed by atoms with E-state index in [1.54, 1.807) is 89.5 Å². The number of hydrogen-bond donors (Lipinski definition) is 3. The molecule has 66 heavy (non-hydrogen) atoms. The molecule has 0 saturated carbocycles. The fourth-order valence-corrected chi connectivity index (χ4v) is 7.98. The molecule has 370 valence electrons. The number of benzene rings is 1. The second-order valence-electron chi connectivity index (χ2n) is 22.5. The molecule has 8 atom stereocenters. The fourth-order valence-electron chi connectivity index (χ4n) is 7.98. The Kier molecular flexibility index (Phi) is 17.7. The molecule has 3 N–H and O–H groups in total. The summed E-state index contributed by atoms with van der Waals surface area (Å²) in [5.74, 6) is -2.66. The van der Waals surface area contributed by atoms with Gasteiger partial charge in [0, 0.05) is 74.8 Å². The van der Waals surface area contributed by atoms with Crippen molar-refractivity contribution in [2.75, 3.05) is 27.2 Å². The van der Waals surface area contributed by atoms with Crippen molar-refractivity contribution in [1.82, 2.24) is 35.6 Å². The number of Topliss-reactive ketones (excluding diaryl/α,β-unsaturated/α-hetero) is 1. The van der Waals surface area contributed by atoms with Gasteiger partial charge in [-0.15, -0.1) is 0 Å². The molecule has 2 aliphatic heterocycles. The first kappa shape index (κ1) is 55.1. The Morgan fingerprint density at radius 1 is 0.621 bits per heavy atom. The van der Waals surface area contributed by atoms with Crippen molar-refractivity contribution >= 4 is 47.5 Å². The lowest BCUT2D eigenvalue weighted by molar-refractivity contribution is -0.143. The lowest BCUT2D eigenvalue weighted by Gasteiger charge is -2.36. The lowest BCUT2D eigenvalue weighted by Crippen LogP contribution is -2.59. The minimum absolute atomic E-state index is 0.0677. The van der Waals surface area contributed by atoms with Crippen molar-refractivity contribution in [2.45, 2.75) is 184 Å².